The average molecular weight is 282 g/mol. The summed E-state index contributed by atoms with van der Waals surface area (Å²) in [6, 6.07) is 19.0. The first-order chi connectivity index (χ1) is 10.2. The van der Waals surface area contributed by atoms with Crippen molar-refractivity contribution in [1.29, 1.82) is 0 Å². The minimum absolute atomic E-state index is 0.144. The van der Waals surface area contributed by atoms with Gasteiger partial charge in [-0.25, -0.2) is 0 Å². The van der Waals surface area contributed by atoms with Gasteiger partial charge in [0.15, 0.2) is 0 Å². The van der Waals surface area contributed by atoms with E-state index < -0.39 is 0 Å². The fourth-order valence-corrected chi connectivity index (χ4v) is 1.65. The molecular weight excluding hydrogens is 264 g/mol. The first-order valence-electron chi connectivity index (χ1n) is 6.68. The lowest BCUT2D eigenvalue weighted by atomic mass is 10.3. The van der Waals surface area contributed by atoms with Crippen LogP contribution in [0.4, 0.5) is 11.4 Å². The van der Waals surface area contributed by atoms with E-state index in [9.17, 15) is 4.79 Å². The van der Waals surface area contributed by atoms with Crippen LogP contribution >= 0.6 is 0 Å². The van der Waals surface area contributed by atoms with Gasteiger partial charge in [0.25, 0.3) is 0 Å². The Morgan fingerprint density at radius 1 is 0.952 bits per heavy atom. The number of amides is 1. The molecule has 1 amide bonds. The number of para-hydroxylation sites is 2. The van der Waals surface area contributed by atoms with Crippen LogP contribution < -0.4 is 16.3 Å². The Hall–Kier alpha value is -2.82. The third-order valence-electron chi connectivity index (χ3n) is 2.69. The summed E-state index contributed by atoms with van der Waals surface area (Å²) in [7, 11) is 0. The van der Waals surface area contributed by atoms with E-state index in [-0.39, 0.29) is 12.3 Å². The van der Waals surface area contributed by atoms with Crippen LogP contribution in [-0.4, -0.2) is 11.6 Å². The van der Waals surface area contributed by atoms with E-state index >= 15 is 0 Å². The molecule has 0 heterocycles. The normalized spacial score (nSPS) is 10.8. The zero-order valence-corrected chi connectivity index (χ0v) is 11.8. The van der Waals surface area contributed by atoms with Gasteiger partial charge in [0.1, 0.15) is 0 Å². The highest BCUT2D eigenvalue weighted by molar-refractivity contribution is 6.00. The number of hydrogen-bond donors (Lipinski definition) is 3. The predicted molar refractivity (Wildman–Crippen MR) is 86.0 cm³/mol. The van der Waals surface area contributed by atoms with Gasteiger partial charge in [-0.3, -0.25) is 21.1 Å². The molecule has 0 atom stereocenters. The third kappa shape index (κ3) is 5.36. The molecule has 0 spiro atoms. The number of nitrogens with zero attached hydrogens (tertiary/aromatic N) is 1. The van der Waals surface area contributed by atoms with Crippen LogP contribution in [0.25, 0.3) is 0 Å². The number of anilines is 2. The van der Waals surface area contributed by atoms with E-state index in [2.05, 4.69) is 21.4 Å². The van der Waals surface area contributed by atoms with Crippen molar-refractivity contribution in [2.24, 2.45) is 5.10 Å². The van der Waals surface area contributed by atoms with E-state index in [1.54, 1.807) is 6.92 Å². The summed E-state index contributed by atoms with van der Waals surface area (Å²) < 4.78 is 0. The second-order valence-electron chi connectivity index (χ2n) is 4.54. The Labute approximate surface area is 124 Å². The van der Waals surface area contributed by atoms with Crippen molar-refractivity contribution in [2.75, 3.05) is 10.9 Å². The summed E-state index contributed by atoms with van der Waals surface area (Å²) in [6.07, 6.45) is 0.222. The molecule has 0 radical (unpaired) electrons. The molecule has 2 rings (SSSR count). The second kappa shape index (κ2) is 7.69. The molecule has 0 saturated carbocycles. The smallest absolute Gasteiger partial charge is 0.244 e. The number of rotatable bonds is 6. The molecule has 0 bridgehead atoms. The summed E-state index contributed by atoms with van der Waals surface area (Å²) in [6.45, 7) is 1.80. The van der Waals surface area contributed by atoms with Crippen LogP contribution in [0.15, 0.2) is 65.8 Å². The van der Waals surface area contributed by atoms with Gasteiger partial charge in [0.05, 0.1) is 17.8 Å². The molecule has 5 heteroatoms. The van der Waals surface area contributed by atoms with E-state index in [1.165, 1.54) is 0 Å². The Morgan fingerprint density at radius 2 is 1.52 bits per heavy atom. The quantitative estimate of drug-likeness (QED) is 0.563. The molecular formula is C16H18N4O. The summed E-state index contributed by atoms with van der Waals surface area (Å²) in [5, 5.41) is 4.17. The van der Waals surface area contributed by atoms with Crippen molar-refractivity contribution in [3.8, 4) is 0 Å². The zero-order chi connectivity index (χ0) is 14.9. The molecule has 0 aromatic heterocycles. The Morgan fingerprint density at radius 3 is 2.14 bits per heavy atom. The SMILES string of the molecule is C/C(CC(=O)NNc1ccccc1)=N/Nc1ccccc1. The highest BCUT2D eigenvalue weighted by Crippen LogP contribution is 2.05. The van der Waals surface area contributed by atoms with Gasteiger partial charge in [0, 0.05) is 5.71 Å². The predicted octanol–water partition coefficient (Wildman–Crippen LogP) is 3.01. The molecule has 0 fully saturated rings. The number of nitrogens with one attached hydrogen (secondary N) is 3. The Bertz CT molecular complexity index is 596. The molecule has 2 aromatic carbocycles. The highest BCUT2D eigenvalue weighted by atomic mass is 16.2. The summed E-state index contributed by atoms with van der Waals surface area (Å²) in [5.74, 6) is -0.144. The third-order valence-corrected chi connectivity index (χ3v) is 2.69. The van der Waals surface area contributed by atoms with Gasteiger partial charge in [-0.1, -0.05) is 36.4 Å². The molecule has 0 aliphatic carbocycles. The molecule has 108 valence electrons. The molecule has 0 unspecified atom stereocenters. The lowest BCUT2D eigenvalue weighted by Gasteiger charge is -2.08. The van der Waals surface area contributed by atoms with E-state index in [0.717, 1.165) is 11.4 Å². The topological polar surface area (TPSA) is 65.5 Å². The largest absolute Gasteiger partial charge is 0.299 e. The lowest BCUT2D eigenvalue weighted by molar-refractivity contribution is -0.119. The number of benzene rings is 2. The Balaban J connectivity index is 1.76. The average Bonchev–Trinajstić information content (AvgIpc) is 2.53. The molecule has 5 nitrogen and oxygen atoms in total. The van der Waals surface area contributed by atoms with Crippen molar-refractivity contribution in [1.82, 2.24) is 5.43 Å². The van der Waals surface area contributed by atoms with E-state index in [4.69, 9.17) is 0 Å². The van der Waals surface area contributed by atoms with Crippen molar-refractivity contribution < 1.29 is 4.79 Å². The molecule has 3 N–H and O–H groups in total. The number of carbonyl (C=O) groups excluding carboxylic acids is 1. The van der Waals surface area contributed by atoms with Gasteiger partial charge in [-0.05, 0) is 31.2 Å². The highest BCUT2D eigenvalue weighted by Gasteiger charge is 2.03. The zero-order valence-electron chi connectivity index (χ0n) is 11.8. The van der Waals surface area contributed by atoms with Gasteiger partial charge in [-0.2, -0.15) is 5.10 Å². The molecule has 0 aliphatic heterocycles. The maximum absolute atomic E-state index is 11.8. The first-order valence-corrected chi connectivity index (χ1v) is 6.68. The van der Waals surface area contributed by atoms with Gasteiger partial charge in [0.2, 0.25) is 5.91 Å². The summed E-state index contributed by atoms with van der Waals surface area (Å²) in [4.78, 5) is 11.8. The molecule has 21 heavy (non-hydrogen) atoms. The second-order valence-corrected chi connectivity index (χ2v) is 4.54. The molecule has 0 aliphatic rings. The van der Waals surface area contributed by atoms with Crippen molar-refractivity contribution in [3.63, 3.8) is 0 Å². The monoisotopic (exact) mass is 282 g/mol. The number of hydrogen-bond acceptors (Lipinski definition) is 4. The Kier molecular flexibility index (Phi) is 5.34. The minimum Gasteiger partial charge on any atom is -0.299 e. The lowest BCUT2D eigenvalue weighted by Crippen LogP contribution is -2.30. The van der Waals surface area contributed by atoms with Gasteiger partial charge in [-0.15, -0.1) is 0 Å². The maximum atomic E-state index is 11.8. The van der Waals surface area contributed by atoms with Gasteiger partial charge < -0.3 is 0 Å². The summed E-state index contributed by atoms with van der Waals surface area (Å²) >= 11 is 0. The van der Waals surface area contributed by atoms with Crippen LogP contribution in [0, 0.1) is 0 Å². The van der Waals surface area contributed by atoms with E-state index in [0.29, 0.717) is 5.71 Å². The van der Waals surface area contributed by atoms with Crippen LogP contribution in [0.2, 0.25) is 0 Å². The summed E-state index contributed by atoms with van der Waals surface area (Å²) in [5.41, 5.74) is 10.8. The molecule has 0 saturated heterocycles. The number of carbonyl (C=O) groups is 1. The maximum Gasteiger partial charge on any atom is 0.244 e. The number of hydrazone groups is 1. The number of hydrazine groups is 1. The minimum atomic E-state index is -0.144. The fourth-order valence-electron chi connectivity index (χ4n) is 1.65. The van der Waals surface area contributed by atoms with Crippen LogP contribution in [0.5, 0.6) is 0 Å². The van der Waals surface area contributed by atoms with Crippen molar-refractivity contribution >= 4 is 23.0 Å². The molecule has 2 aromatic rings. The van der Waals surface area contributed by atoms with Crippen LogP contribution in [0.3, 0.4) is 0 Å². The van der Waals surface area contributed by atoms with Gasteiger partial charge >= 0.3 is 0 Å². The standard InChI is InChI=1S/C16H18N4O/c1-13(17-18-14-8-4-2-5-9-14)12-16(21)20-19-15-10-6-3-7-11-15/h2-11,18-19H,12H2,1H3,(H,20,21)/b17-13-. The fraction of sp³-hybridized carbons (Fsp3) is 0.125. The first kappa shape index (κ1) is 14.6. The van der Waals surface area contributed by atoms with E-state index in [1.807, 2.05) is 60.7 Å². The van der Waals surface area contributed by atoms with Crippen LogP contribution in [0.1, 0.15) is 13.3 Å². The van der Waals surface area contributed by atoms with Crippen LogP contribution in [-0.2, 0) is 4.79 Å². The van der Waals surface area contributed by atoms with Crippen molar-refractivity contribution in [3.05, 3.63) is 60.7 Å². The van der Waals surface area contributed by atoms with Crippen molar-refractivity contribution in [2.45, 2.75) is 13.3 Å².